The fraction of sp³-hybridized carbons (Fsp3) is 0. The van der Waals surface area contributed by atoms with Gasteiger partial charge in [0.25, 0.3) is 0 Å². The maximum atomic E-state index is 9.21. The molecule has 0 fully saturated rings. The number of benzene rings is 9. The molecule has 1 heteroatoms. The highest BCUT2D eigenvalue weighted by molar-refractivity contribution is 6.21. The van der Waals surface area contributed by atoms with Gasteiger partial charge in [-0.2, -0.15) is 0 Å². The van der Waals surface area contributed by atoms with Crippen molar-refractivity contribution in [2.45, 2.75) is 0 Å². The van der Waals surface area contributed by atoms with E-state index >= 15 is 0 Å². The van der Waals surface area contributed by atoms with E-state index in [9.17, 15) is 2.74 Å². The molecule has 0 saturated heterocycles. The van der Waals surface area contributed by atoms with Gasteiger partial charge in [0.15, 0.2) is 0 Å². The molecule has 0 aliphatic carbocycles. The summed E-state index contributed by atoms with van der Waals surface area (Å²) in [6, 6.07) is 25.1. The van der Waals surface area contributed by atoms with Crippen molar-refractivity contribution in [3.63, 3.8) is 0 Å². The zero-order valence-corrected chi connectivity index (χ0v) is 25.7. The van der Waals surface area contributed by atoms with E-state index in [0.717, 1.165) is 49.4 Å². The molecule has 0 unspecified atom stereocenters. The van der Waals surface area contributed by atoms with E-state index in [0.29, 0.717) is 11.1 Å². The van der Waals surface area contributed by atoms with Gasteiger partial charge >= 0.3 is 0 Å². The zero-order valence-electron chi connectivity index (χ0n) is 38.7. The Balaban J connectivity index is 1.21. The van der Waals surface area contributed by atoms with E-state index in [1.165, 1.54) is 0 Å². The van der Waals surface area contributed by atoms with Gasteiger partial charge in [0.05, 0.1) is 17.8 Å². The number of para-hydroxylation sites is 1. The molecule has 10 aromatic rings. The van der Waals surface area contributed by atoms with Crippen LogP contribution >= 0.6 is 0 Å². The number of fused-ring (bicyclic) bond motifs is 6. The number of hydrogen-bond donors (Lipinski definition) is 0. The molecule has 0 aliphatic rings. The van der Waals surface area contributed by atoms with Gasteiger partial charge in [-0.25, -0.2) is 0 Å². The number of hydrogen-bond acceptors (Lipinski definition) is 1. The summed E-state index contributed by atoms with van der Waals surface area (Å²) < 4.78 is 121. The number of furan rings is 1. The Hall–Kier alpha value is -6.44. The third-order valence-electron chi connectivity index (χ3n) is 9.21. The predicted molar refractivity (Wildman–Crippen MR) is 208 cm³/mol. The molecule has 228 valence electrons. The number of rotatable bonds is 4. The summed E-state index contributed by atoms with van der Waals surface area (Å²) in [6.45, 7) is 0. The molecule has 49 heavy (non-hydrogen) atoms. The summed E-state index contributed by atoms with van der Waals surface area (Å²) in [5, 5.41) is 3.38. The Kier molecular flexibility index (Phi) is 3.99. The third-order valence-corrected chi connectivity index (χ3v) is 9.21. The van der Waals surface area contributed by atoms with Gasteiger partial charge in [-0.15, -0.1) is 0 Å². The van der Waals surface area contributed by atoms with Crippen molar-refractivity contribution in [2.24, 2.45) is 0 Å². The minimum Gasteiger partial charge on any atom is -0.455 e. The fourth-order valence-corrected chi connectivity index (χ4v) is 7.02. The average molecular weight is 636 g/mol. The molecular weight excluding hydrogens is 593 g/mol. The SMILES string of the molecule is [2H]c1c([2H])c([2H])c(-c2c3c([2H])c([2H])c([2H])c([2H])c3c(-c3ccc(-c4ccc5c(c4)oc4c(-c6cccc7ccccc67)cccc45)cc3)c3c([2H])c([2H])c([2H])c([2H])c23)c([2H])c1[2H]. The van der Waals surface area contributed by atoms with Gasteiger partial charge in [-0.1, -0.05) is 170 Å². The van der Waals surface area contributed by atoms with Crippen molar-refractivity contribution in [1.82, 2.24) is 0 Å². The van der Waals surface area contributed by atoms with Crippen LogP contribution in [0.1, 0.15) is 17.8 Å². The van der Waals surface area contributed by atoms with Crippen molar-refractivity contribution in [3.05, 3.63) is 182 Å². The first-order valence-corrected chi connectivity index (χ1v) is 15.8. The van der Waals surface area contributed by atoms with Gasteiger partial charge < -0.3 is 4.42 Å². The maximum absolute atomic E-state index is 9.21. The van der Waals surface area contributed by atoms with Crippen LogP contribution in [0.3, 0.4) is 0 Å². The molecule has 0 bridgehead atoms. The Labute approximate surface area is 302 Å². The molecule has 1 nitrogen and oxygen atoms in total. The molecule has 0 atom stereocenters. The summed E-state index contributed by atoms with van der Waals surface area (Å²) in [5.74, 6) is 0. The first-order valence-electron chi connectivity index (χ1n) is 22.3. The summed E-state index contributed by atoms with van der Waals surface area (Å²) in [4.78, 5) is 0. The maximum Gasteiger partial charge on any atom is 0.143 e. The molecule has 9 aromatic carbocycles. The topological polar surface area (TPSA) is 13.1 Å². The second-order valence-corrected chi connectivity index (χ2v) is 11.8. The van der Waals surface area contributed by atoms with Crippen LogP contribution in [0, 0.1) is 0 Å². The second-order valence-electron chi connectivity index (χ2n) is 11.8. The largest absolute Gasteiger partial charge is 0.455 e. The summed E-state index contributed by atoms with van der Waals surface area (Å²) in [7, 11) is 0. The highest BCUT2D eigenvalue weighted by Crippen LogP contribution is 2.44. The standard InChI is InChI=1S/C48H30O/c1-2-13-33(14-3-1)46-39-17-6-8-19-41(39)47(42-20-9-7-18-40(42)46)34-26-24-31(25-27-34)35-28-29-38-44-23-11-22-43(48(44)49-45(38)30-35)37-21-10-15-32-12-4-5-16-36(32)37/h1-30H/i1D,2D,3D,6D,7D,8D,9D,13D,14D,17D,18D,19D,20D. The van der Waals surface area contributed by atoms with E-state index in [1.54, 1.807) is 24.3 Å². The van der Waals surface area contributed by atoms with Crippen LogP contribution in [-0.2, 0) is 0 Å². The van der Waals surface area contributed by atoms with Crippen molar-refractivity contribution in [1.29, 1.82) is 0 Å². The first kappa shape index (κ1) is 17.6. The fourth-order valence-electron chi connectivity index (χ4n) is 7.02. The summed E-state index contributed by atoms with van der Waals surface area (Å²) in [5.41, 5.74) is 4.69. The first-order chi connectivity index (χ1) is 29.7. The molecule has 1 heterocycles. The lowest BCUT2D eigenvalue weighted by atomic mass is 9.86. The third kappa shape index (κ3) is 4.40. The summed E-state index contributed by atoms with van der Waals surface area (Å²) >= 11 is 0. The Morgan fingerprint density at radius 2 is 0.918 bits per heavy atom. The van der Waals surface area contributed by atoms with E-state index in [2.05, 4.69) is 30.3 Å². The quantitative estimate of drug-likeness (QED) is 0.175. The minimum atomic E-state index is -0.713. The van der Waals surface area contributed by atoms with E-state index < -0.39 is 84.1 Å². The molecule has 0 aliphatic heterocycles. The highest BCUT2D eigenvalue weighted by atomic mass is 16.3. The summed E-state index contributed by atoms with van der Waals surface area (Å²) in [6.07, 6.45) is 0. The Morgan fingerprint density at radius 1 is 0.367 bits per heavy atom. The molecule has 0 saturated carbocycles. The van der Waals surface area contributed by atoms with Crippen molar-refractivity contribution >= 4 is 54.3 Å². The van der Waals surface area contributed by atoms with Crippen LogP contribution in [0.15, 0.2) is 186 Å². The van der Waals surface area contributed by atoms with E-state index in [-0.39, 0.29) is 32.7 Å². The molecule has 0 radical (unpaired) electrons. The lowest BCUT2D eigenvalue weighted by molar-refractivity contribution is 0.670. The smallest absolute Gasteiger partial charge is 0.143 e. The minimum absolute atomic E-state index is 0.0744. The Bertz CT molecular complexity index is 3500. The van der Waals surface area contributed by atoms with Crippen LogP contribution < -0.4 is 0 Å². The normalized spacial score (nSPS) is 15.4. The lowest BCUT2D eigenvalue weighted by Gasteiger charge is -2.18. The van der Waals surface area contributed by atoms with Crippen molar-refractivity contribution in [2.75, 3.05) is 0 Å². The van der Waals surface area contributed by atoms with Crippen LogP contribution in [-0.4, -0.2) is 0 Å². The molecule has 0 amide bonds. The van der Waals surface area contributed by atoms with Gasteiger partial charge in [0.2, 0.25) is 0 Å². The van der Waals surface area contributed by atoms with Crippen molar-refractivity contribution < 1.29 is 22.2 Å². The van der Waals surface area contributed by atoms with Gasteiger partial charge in [0.1, 0.15) is 11.2 Å². The molecule has 0 N–H and O–H groups in total. The van der Waals surface area contributed by atoms with Crippen LogP contribution in [0.2, 0.25) is 0 Å². The van der Waals surface area contributed by atoms with E-state index in [4.69, 9.17) is 19.5 Å². The van der Waals surface area contributed by atoms with Crippen LogP contribution in [0.4, 0.5) is 0 Å². The Morgan fingerprint density at radius 3 is 1.65 bits per heavy atom. The van der Waals surface area contributed by atoms with Gasteiger partial charge in [-0.05, 0) is 83.4 Å². The van der Waals surface area contributed by atoms with Crippen LogP contribution in [0.5, 0.6) is 0 Å². The molecule has 10 rings (SSSR count). The van der Waals surface area contributed by atoms with Gasteiger partial charge in [0, 0.05) is 16.3 Å². The van der Waals surface area contributed by atoms with E-state index in [1.807, 2.05) is 48.5 Å². The lowest BCUT2D eigenvalue weighted by Crippen LogP contribution is -1.90. The predicted octanol–water partition coefficient (Wildman–Crippen LogP) is 13.7. The molecular formula is C48H30O. The molecule has 0 spiro atoms. The second kappa shape index (κ2) is 11.1. The molecule has 1 aromatic heterocycles. The van der Waals surface area contributed by atoms with Gasteiger partial charge in [-0.3, -0.25) is 0 Å². The van der Waals surface area contributed by atoms with Crippen LogP contribution in [0.25, 0.3) is 98.8 Å². The monoisotopic (exact) mass is 635 g/mol. The highest BCUT2D eigenvalue weighted by Gasteiger charge is 2.17. The average Bonchev–Trinajstić information content (AvgIpc) is 3.67. The zero-order chi connectivity index (χ0) is 43.6. The van der Waals surface area contributed by atoms with Crippen molar-refractivity contribution in [3.8, 4) is 44.5 Å².